The van der Waals surface area contributed by atoms with Crippen LogP contribution < -0.4 is 10.6 Å². The molecular formula is C10H16N2O3S. The number of carboxylic acids is 1. The molecule has 3 N–H and O–H groups in total. The van der Waals surface area contributed by atoms with Crippen molar-refractivity contribution in [1.29, 1.82) is 0 Å². The third-order valence-electron chi connectivity index (χ3n) is 3.30. The van der Waals surface area contributed by atoms with Crippen LogP contribution in [0.2, 0.25) is 0 Å². The van der Waals surface area contributed by atoms with Gasteiger partial charge < -0.3 is 15.7 Å². The van der Waals surface area contributed by atoms with Gasteiger partial charge in [-0.2, -0.15) is 11.8 Å². The van der Waals surface area contributed by atoms with Crippen molar-refractivity contribution in [1.82, 2.24) is 10.6 Å². The molecule has 6 heteroatoms. The van der Waals surface area contributed by atoms with Crippen LogP contribution in [0.5, 0.6) is 0 Å². The van der Waals surface area contributed by atoms with Gasteiger partial charge in [0.25, 0.3) is 0 Å². The number of aliphatic carboxylic acids is 1. The number of hydrogen-bond donors (Lipinski definition) is 3. The largest absolute Gasteiger partial charge is 0.481 e. The van der Waals surface area contributed by atoms with E-state index in [4.69, 9.17) is 5.11 Å². The van der Waals surface area contributed by atoms with Gasteiger partial charge in [0.15, 0.2) is 0 Å². The van der Waals surface area contributed by atoms with E-state index in [1.165, 1.54) is 0 Å². The van der Waals surface area contributed by atoms with Gasteiger partial charge in [-0.1, -0.05) is 6.92 Å². The maximum atomic E-state index is 11.1. The number of fused-ring (bicyclic) bond motifs is 1. The molecule has 2 saturated heterocycles. The van der Waals surface area contributed by atoms with Crippen molar-refractivity contribution in [2.75, 3.05) is 5.75 Å². The van der Waals surface area contributed by atoms with Gasteiger partial charge in [-0.25, -0.2) is 4.79 Å². The van der Waals surface area contributed by atoms with E-state index in [1.54, 1.807) is 11.8 Å². The Balaban J connectivity index is 1.95. The van der Waals surface area contributed by atoms with Crippen LogP contribution in [0.4, 0.5) is 4.79 Å². The Morgan fingerprint density at radius 1 is 1.62 bits per heavy atom. The van der Waals surface area contributed by atoms with Gasteiger partial charge in [0.1, 0.15) is 0 Å². The van der Waals surface area contributed by atoms with Crippen molar-refractivity contribution in [3.05, 3.63) is 0 Å². The second-order valence-corrected chi connectivity index (χ2v) is 5.57. The third-order valence-corrected chi connectivity index (χ3v) is 4.76. The molecule has 4 atom stereocenters. The van der Waals surface area contributed by atoms with Crippen LogP contribution in [0.1, 0.15) is 19.8 Å². The van der Waals surface area contributed by atoms with Crippen molar-refractivity contribution < 1.29 is 14.7 Å². The molecule has 0 aromatic rings. The summed E-state index contributed by atoms with van der Waals surface area (Å²) in [5.41, 5.74) is 0. The number of carboxylic acid groups (broad SMARTS) is 1. The second kappa shape index (κ2) is 4.53. The number of nitrogens with one attached hydrogen (secondary N) is 2. The molecule has 0 bridgehead atoms. The summed E-state index contributed by atoms with van der Waals surface area (Å²) in [7, 11) is 0. The molecule has 0 radical (unpaired) electrons. The lowest BCUT2D eigenvalue weighted by molar-refractivity contribution is -0.142. The minimum Gasteiger partial charge on any atom is -0.481 e. The zero-order valence-corrected chi connectivity index (χ0v) is 9.92. The van der Waals surface area contributed by atoms with E-state index in [9.17, 15) is 9.59 Å². The highest BCUT2D eigenvalue weighted by atomic mass is 32.2. The van der Waals surface area contributed by atoms with Crippen molar-refractivity contribution in [3.8, 4) is 0 Å². The molecule has 2 heterocycles. The molecule has 5 nitrogen and oxygen atoms in total. The average Bonchev–Trinajstić information content (AvgIpc) is 2.73. The van der Waals surface area contributed by atoms with Crippen LogP contribution in [0.25, 0.3) is 0 Å². The molecule has 1 unspecified atom stereocenters. The Labute approximate surface area is 98.4 Å². The summed E-state index contributed by atoms with van der Waals surface area (Å²) in [5.74, 6) is -0.151. The monoisotopic (exact) mass is 244 g/mol. The minimum absolute atomic E-state index is 0.103. The smallest absolute Gasteiger partial charge is 0.315 e. The van der Waals surface area contributed by atoms with E-state index in [0.717, 1.165) is 5.75 Å². The van der Waals surface area contributed by atoms with Gasteiger partial charge in [-0.05, 0) is 12.8 Å². The topological polar surface area (TPSA) is 78.4 Å². The first-order chi connectivity index (χ1) is 7.61. The molecule has 0 aromatic heterocycles. The quantitative estimate of drug-likeness (QED) is 0.635. The van der Waals surface area contributed by atoms with Crippen molar-refractivity contribution in [3.63, 3.8) is 0 Å². The Hall–Kier alpha value is -0.910. The standard InChI is InChI=1S/C10H16N2O3S/c1-2-5(9(13)14)3-7-8-6(4-16-7)11-10(15)12-8/h5-8H,2-4H2,1H3,(H,13,14)(H2,11,12,15)/t5?,6-,7-,8-/m0/s1. The molecule has 16 heavy (non-hydrogen) atoms. The number of hydrogen-bond acceptors (Lipinski definition) is 3. The normalized spacial score (nSPS) is 34.1. The second-order valence-electron chi connectivity index (χ2n) is 4.30. The van der Waals surface area contributed by atoms with E-state index in [0.29, 0.717) is 12.8 Å². The predicted octanol–water partition coefficient (Wildman–Crippen LogP) is 0.653. The number of urea groups is 1. The first kappa shape index (κ1) is 11.6. The van der Waals surface area contributed by atoms with Gasteiger partial charge in [-0.3, -0.25) is 4.79 Å². The predicted molar refractivity (Wildman–Crippen MR) is 61.5 cm³/mol. The van der Waals surface area contributed by atoms with E-state index in [1.807, 2.05) is 6.92 Å². The molecule has 2 fully saturated rings. The molecular weight excluding hydrogens is 228 g/mol. The Morgan fingerprint density at radius 3 is 3.00 bits per heavy atom. The molecule has 2 aliphatic heterocycles. The zero-order valence-electron chi connectivity index (χ0n) is 9.10. The molecule has 2 amide bonds. The van der Waals surface area contributed by atoms with Gasteiger partial charge in [0, 0.05) is 11.0 Å². The van der Waals surface area contributed by atoms with E-state index in [2.05, 4.69) is 10.6 Å². The fraction of sp³-hybridized carbons (Fsp3) is 0.800. The first-order valence-corrected chi connectivity index (χ1v) is 6.58. The Kier molecular flexibility index (Phi) is 3.28. The van der Waals surface area contributed by atoms with Gasteiger partial charge in [-0.15, -0.1) is 0 Å². The summed E-state index contributed by atoms with van der Waals surface area (Å²) >= 11 is 1.76. The lowest BCUT2D eigenvalue weighted by Crippen LogP contribution is -2.38. The zero-order chi connectivity index (χ0) is 11.7. The summed E-state index contributed by atoms with van der Waals surface area (Å²) in [6.45, 7) is 1.89. The van der Waals surface area contributed by atoms with Crippen LogP contribution in [-0.4, -0.2) is 40.2 Å². The van der Waals surface area contributed by atoms with Gasteiger partial charge >= 0.3 is 12.0 Å². The Morgan fingerprint density at radius 2 is 2.38 bits per heavy atom. The van der Waals surface area contributed by atoms with Crippen LogP contribution in [-0.2, 0) is 4.79 Å². The number of carbonyl (C=O) groups is 2. The number of thioether (sulfide) groups is 1. The fourth-order valence-electron chi connectivity index (χ4n) is 2.32. The van der Waals surface area contributed by atoms with Crippen LogP contribution in [0, 0.1) is 5.92 Å². The van der Waals surface area contributed by atoms with Crippen LogP contribution in [0.3, 0.4) is 0 Å². The Bertz CT molecular complexity index is 310. The first-order valence-electron chi connectivity index (χ1n) is 5.53. The molecule has 90 valence electrons. The van der Waals surface area contributed by atoms with E-state index in [-0.39, 0.29) is 29.3 Å². The maximum Gasteiger partial charge on any atom is 0.315 e. The molecule has 2 rings (SSSR count). The van der Waals surface area contributed by atoms with Crippen molar-refractivity contribution in [2.45, 2.75) is 37.1 Å². The fourth-order valence-corrected chi connectivity index (χ4v) is 3.90. The summed E-state index contributed by atoms with van der Waals surface area (Å²) in [5, 5.41) is 15.0. The highest BCUT2D eigenvalue weighted by Crippen LogP contribution is 2.34. The van der Waals surface area contributed by atoms with Crippen LogP contribution >= 0.6 is 11.8 Å². The van der Waals surface area contributed by atoms with E-state index < -0.39 is 5.97 Å². The van der Waals surface area contributed by atoms with Crippen LogP contribution in [0.15, 0.2) is 0 Å². The lowest BCUT2D eigenvalue weighted by atomic mass is 9.95. The molecule has 0 saturated carbocycles. The molecule has 0 aromatic carbocycles. The van der Waals surface area contributed by atoms with Gasteiger partial charge in [0.05, 0.1) is 18.0 Å². The van der Waals surface area contributed by atoms with Gasteiger partial charge in [0.2, 0.25) is 0 Å². The minimum atomic E-state index is -0.733. The lowest BCUT2D eigenvalue weighted by Gasteiger charge is -2.19. The summed E-state index contributed by atoms with van der Waals surface area (Å²) < 4.78 is 0. The molecule has 0 aliphatic carbocycles. The SMILES string of the molecule is CCC(C[C@@H]1SC[C@@H]2NC(=O)N[C@@H]21)C(=O)O. The average molecular weight is 244 g/mol. The summed E-state index contributed by atoms with van der Waals surface area (Å²) in [6.07, 6.45) is 1.28. The maximum absolute atomic E-state index is 11.1. The number of rotatable bonds is 4. The highest BCUT2D eigenvalue weighted by Gasteiger charge is 2.44. The highest BCUT2D eigenvalue weighted by molar-refractivity contribution is 8.00. The van der Waals surface area contributed by atoms with Crippen molar-refractivity contribution >= 4 is 23.8 Å². The summed E-state index contributed by atoms with van der Waals surface area (Å²) in [4.78, 5) is 22.1. The molecule has 0 spiro atoms. The number of carbonyl (C=O) groups excluding carboxylic acids is 1. The summed E-state index contributed by atoms with van der Waals surface area (Å²) in [6, 6.07) is 0.156. The van der Waals surface area contributed by atoms with Crippen molar-refractivity contribution in [2.24, 2.45) is 5.92 Å². The molecule has 2 aliphatic rings. The number of amides is 2. The van der Waals surface area contributed by atoms with E-state index >= 15 is 0 Å². The third kappa shape index (κ3) is 2.11.